The first-order chi connectivity index (χ1) is 17.5. The smallest absolute Gasteiger partial charge is 0.406 e. The molecule has 5 rings (SSSR count). The number of hydrogen-bond donors (Lipinski definition) is 2. The van der Waals surface area contributed by atoms with Crippen LogP contribution in [0.5, 0.6) is 5.75 Å². The Bertz CT molecular complexity index is 1170. The fourth-order valence-electron chi connectivity index (χ4n) is 5.37. The molecule has 9 heteroatoms. The van der Waals surface area contributed by atoms with Crippen LogP contribution in [0.3, 0.4) is 0 Å². The quantitative estimate of drug-likeness (QED) is 0.625. The summed E-state index contributed by atoms with van der Waals surface area (Å²) in [7, 11) is 2.10. The molecule has 2 aliphatic heterocycles. The predicted molar refractivity (Wildman–Crippen MR) is 136 cm³/mol. The van der Waals surface area contributed by atoms with Crippen LogP contribution in [0.4, 0.5) is 14.9 Å². The number of likely N-dealkylation sites (tertiary alicyclic amines) is 1. The Labute approximate surface area is 210 Å². The Morgan fingerprint density at radius 2 is 2.11 bits per heavy atom. The molecule has 1 amide bonds. The highest BCUT2D eigenvalue weighted by atomic mass is 19.1. The van der Waals surface area contributed by atoms with Gasteiger partial charge in [-0.3, -0.25) is 4.90 Å². The molecular weight excluding hydrogens is 461 g/mol. The summed E-state index contributed by atoms with van der Waals surface area (Å²) in [6.07, 6.45) is 5.57. The number of halogens is 1. The van der Waals surface area contributed by atoms with Gasteiger partial charge < -0.3 is 25.4 Å². The molecule has 2 aromatic rings. The van der Waals surface area contributed by atoms with Gasteiger partial charge in [-0.25, -0.2) is 14.2 Å². The molecule has 3 aliphatic rings. The van der Waals surface area contributed by atoms with Crippen LogP contribution in [0.1, 0.15) is 36.4 Å². The van der Waals surface area contributed by atoms with E-state index in [0.29, 0.717) is 24.2 Å². The zero-order valence-electron chi connectivity index (χ0n) is 20.4. The molecule has 0 spiro atoms. The van der Waals surface area contributed by atoms with Gasteiger partial charge in [0.05, 0.1) is 12.6 Å². The zero-order valence-corrected chi connectivity index (χ0v) is 20.4. The van der Waals surface area contributed by atoms with E-state index in [2.05, 4.69) is 34.4 Å². The van der Waals surface area contributed by atoms with E-state index in [1.807, 2.05) is 17.0 Å². The first kappa shape index (κ1) is 24.1. The van der Waals surface area contributed by atoms with Crippen molar-refractivity contribution in [3.05, 3.63) is 71.7 Å². The molecule has 1 saturated heterocycles. The number of hydrogen-bond acceptors (Lipinski definition) is 7. The highest BCUT2D eigenvalue weighted by Crippen LogP contribution is 2.38. The predicted octanol–water partition coefficient (Wildman–Crippen LogP) is 4.25. The summed E-state index contributed by atoms with van der Waals surface area (Å²) in [5, 5.41) is 3.21. The number of primary amides is 1. The molecule has 3 unspecified atom stereocenters. The van der Waals surface area contributed by atoms with Gasteiger partial charge in [-0.2, -0.15) is 0 Å². The summed E-state index contributed by atoms with van der Waals surface area (Å²) in [4.78, 5) is 20.3. The van der Waals surface area contributed by atoms with Crippen molar-refractivity contribution in [1.29, 1.82) is 0 Å². The number of nitrogens with zero attached hydrogens (tertiary/aromatic N) is 3. The molecule has 2 aromatic carbocycles. The molecule has 0 bridgehead atoms. The maximum Gasteiger partial charge on any atom is 0.406 e. The summed E-state index contributed by atoms with van der Waals surface area (Å²) in [6.45, 7) is 2.55. The number of guanidine groups is 1. The van der Waals surface area contributed by atoms with E-state index in [-0.39, 0.29) is 11.8 Å². The molecule has 1 aliphatic carbocycles. The number of nitrogens with two attached hydrogens (primary N) is 1. The first-order valence-corrected chi connectivity index (χ1v) is 12.4. The Morgan fingerprint density at radius 1 is 1.25 bits per heavy atom. The number of fused-ring (bicyclic) bond motifs is 1. The van der Waals surface area contributed by atoms with Crippen molar-refractivity contribution in [2.45, 2.75) is 38.0 Å². The average Bonchev–Trinajstić information content (AvgIpc) is 3.27. The molecule has 3 atom stereocenters. The molecule has 0 saturated carbocycles. The minimum atomic E-state index is -0.876. The molecule has 3 N–H and O–H groups in total. The SMILES string of the molecule is CN1CCCC(COc2ccc(NC3=NC=CC(OC(N)=O)N3C3CCc4ccccc43)cc2F)C1. The van der Waals surface area contributed by atoms with Gasteiger partial charge in [0, 0.05) is 30.4 Å². The number of aryl methyl sites for hydroxylation is 1. The number of carbonyl (C=O) groups excluding carboxylic acids is 1. The van der Waals surface area contributed by atoms with Crippen LogP contribution in [0.2, 0.25) is 0 Å². The topological polar surface area (TPSA) is 92.4 Å². The van der Waals surface area contributed by atoms with Crippen LogP contribution in [0, 0.1) is 11.7 Å². The number of amides is 1. The highest BCUT2D eigenvalue weighted by molar-refractivity contribution is 5.95. The van der Waals surface area contributed by atoms with Crippen molar-refractivity contribution in [2.24, 2.45) is 16.6 Å². The molecule has 0 aromatic heterocycles. The summed E-state index contributed by atoms with van der Waals surface area (Å²) in [5.41, 5.74) is 8.25. The molecular formula is C27H32FN5O3. The fraction of sp³-hybridized carbons (Fsp3) is 0.407. The number of piperidine rings is 1. The van der Waals surface area contributed by atoms with Gasteiger partial charge in [0.1, 0.15) is 0 Å². The maximum atomic E-state index is 15.0. The number of ether oxygens (including phenoxy) is 2. The number of aliphatic imine (C=N–C) groups is 1. The summed E-state index contributed by atoms with van der Waals surface area (Å²) in [5.74, 6) is 0.632. The average molecular weight is 494 g/mol. The van der Waals surface area contributed by atoms with E-state index in [1.54, 1.807) is 24.4 Å². The standard InChI is InChI=1S/C27H32FN5O3/c1-32-14-4-5-18(16-32)17-35-24-11-9-20(15-22(24)28)31-27-30-13-12-25(36-26(29)34)33(27)23-10-8-19-6-2-3-7-21(19)23/h2-3,6-7,9,11-13,15,18,23,25H,4-5,8,10,14,16-17H2,1H3,(H2,29,34)(H,30,31). The second-order valence-corrected chi connectivity index (χ2v) is 9.63. The Morgan fingerprint density at radius 3 is 2.92 bits per heavy atom. The van der Waals surface area contributed by atoms with Crippen LogP contribution < -0.4 is 15.8 Å². The number of nitrogens with one attached hydrogen (secondary N) is 1. The van der Waals surface area contributed by atoms with E-state index in [1.165, 1.54) is 11.6 Å². The van der Waals surface area contributed by atoms with Crippen molar-refractivity contribution in [2.75, 3.05) is 32.1 Å². The number of anilines is 1. The van der Waals surface area contributed by atoms with Gasteiger partial charge >= 0.3 is 6.09 Å². The minimum Gasteiger partial charge on any atom is -0.490 e. The number of benzene rings is 2. The summed E-state index contributed by atoms with van der Waals surface area (Å²) < 4.78 is 26.2. The highest BCUT2D eigenvalue weighted by Gasteiger charge is 2.36. The molecule has 190 valence electrons. The number of carbonyl (C=O) groups is 1. The van der Waals surface area contributed by atoms with Gasteiger partial charge in [-0.05, 0) is 68.6 Å². The van der Waals surface area contributed by atoms with Crippen molar-refractivity contribution in [3.8, 4) is 5.75 Å². The van der Waals surface area contributed by atoms with Crippen molar-refractivity contribution >= 4 is 17.7 Å². The zero-order chi connectivity index (χ0) is 25.1. The lowest BCUT2D eigenvalue weighted by molar-refractivity contribution is 0.0394. The molecule has 2 heterocycles. The third kappa shape index (κ3) is 5.31. The van der Waals surface area contributed by atoms with Gasteiger partial charge in [0.25, 0.3) is 0 Å². The largest absolute Gasteiger partial charge is 0.490 e. The van der Waals surface area contributed by atoms with Crippen LogP contribution >= 0.6 is 0 Å². The van der Waals surface area contributed by atoms with Gasteiger partial charge in [0.15, 0.2) is 11.6 Å². The Hall–Kier alpha value is -3.59. The molecule has 1 fully saturated rings. The molecule has 36 heavy (non-hydrogen) atoms. The van der Waals surface area contributed by atoms with Crippen molar-refractivity contribution < 1.29 is 18.7 Å². The molecule has 0 radical (unpaired) electrons. The Kier molecular flexibility index (Phi) is 7.09. The van der Waals surface area contributed by atoms with Crippen LogP contribution in [0.25, 0.3) is 0 Å². The lowest BCUT2D eigenvalue weighted by atomic mass is 10.00. The van der Waals surface area contributed by atoms with E-state index in [9.17, 15) is 9.18 Å². The second-order valence-electron chi connectivity index (χ2n) is 9.63. The monoisotopic (exact) mass is 493 g/mol. The normalized spacial score (nSPS) is 23.7. The third-order valence-corrected chi connectivity index (χ3v) is 7.02. The summed E-state index contributed by atoms with van der Waals surface area (Å²) >= 11 is 0. The first-order valence-electron chi connectivity index (χ1n) is 12.4. The van der Waals surface area contributed by atoms with E-state index < -0.39 is 18.1 Å². The Balaban J connectivity index is 1.32. The van der Waals surface area contributed by atoms with Gasteiger partial charge in [-0.15, -0.1) is 0 Å². The van der Waals surface area contributed by atoms with E-state index in [4.69, 9.17) is 15.2 Å². The van der Waals surface area contributed by atoms with Crippen LogP contribution in [0.15, 0.2) is 59.7 Å². The summed E-state index contributed by atoms with van der Waals surface area (Å²) in [6, 6.07) is 12.9. The maximum absolute atomic E-state index is 15.0. The van der Waals surface area contributed by atoms with E-state index in [0.717, 1.165) is 44.3 Å². The third-order valence-electron chi connectivity index (χ3n) is 7.02. The van der Waals surface area contributed by atoms with Gasteiger partial charge in [-0.1, -0.05) is 24.3 Å². The van der Waals surface area contributed by atoms with Gasteiger partial charge in [0.2, 0.25) is 12.2 Å². The lowest BCUT2D eigenvalue weighted by Crippen LogP contribution is -2.48. The van der Waals surface area contributed by atoms with Crippen molar-refractivity contribution in [1.82, 2.24) is 9.80 Å². The van der Waals surface area contributed by atoms with Crippen LogP contribution in [-0.2, 0) is 11.2 Å². The number of rotatable bonds is 6. The molecule has 8 nitrogen and oxygen atoms in total. The fourth-order valence-corrected chi connectivity index (χ4v) is 5.37. The van der Waals surface area contributed by atoms with E-state index >= 15 is 0 Å². The van der Waals surface area contributed by atoms with Crippen LogP contribution in [-0.4, -0.2) is 54.8 Å². The van der Waals surface area contributed by atoms with Crippen molar-refractivity contribution in [3.63, 3.8) is 0 Å². The second kappa shape index (κ2) is 10.6. The lowest BCUT2D eigenvalue weighted by Gasteiger charge is -2.38. The minimum absolute atomic E-state index is 0.0807.